The van der Waals surface area contributed by atoms with E-state index in [-0.39, 0.29) is 0 Å². The summed E-state index contributed by atoms with van der Waals surface area (Å²) in [6.07, 6.45) is 6.22. The summed E-state index contributed by atoms with van der Waals surface area (Å²) < 4.78 is 0. The summed E-state index contributed by atoms with van der Waals surface area (Å²) in [4.78, 5) is 21.9. The SMILES string of the molecule is CN=C(NCC(c1cccs1)N1CCCC1)N1CCN(c2ncccn2)CC1. The lowest BCUT2D eigenvalue weighted by atomic mass is 10.2. The fourth-order valence-electron chi connectivity index (χ4n) is 4.04. The Kier molecular flexibility index (Phi) is 6.38. The van der Waals surface area contributed by atoms with E-state index in [1.54, 1.807) is 12.4 Å². The van der Waals surface area contributed by atoms with Gasteiger partial charge < -0.3 is 15.1 Å². The van der Waals surface area contributed by atoms with Gasteiger partial charge in [0.05, 0.1) is 6.04 Å². The van der Waals surface area contributed by atoms with Crippen LogP contribution < -0.4 is 10.2 Å². The lowest BCUT2D eigenvalue weighted by Gasteiger charge is -2.37. The van der Waals surface area contributed by atoms with Gasteiger partial charge in [-0.05, 0) is 43.4 Å². The molecule has 4 rings (SSSR count). The molecule has 7 nitrogen and oxygen atoms in total. The van der Waals surface area contributed by atoms with E-state index < -0.39 is 0 Å². The van der Waals surface area contributed by atoms with E-state index in [1.807, 2.05) is 24.5 Å². The Balaban J connectivity index is 1.34. The predicted octanol–water partition coefficient (Wildman–Crippen LogP) is 2.07. The first-order valence-corrected chi connectivity index (χ1v) is 11.0. The fourth-order valence-corrected chi connectivity index (χ4v) is 4.90. The standard InChI is InChI=1S/C20H29N7S/c1-21-19(26-11-13-27(14-12-26)20-22-7-5-8-23-20)24-16-17(18-6-4-15-28-18)25-9-2-3-10-25/h4-8,15,17H,2-3,9-14,16H2,1H3,(H,21,24). The molecule has 2 aliphatic heterocycles. The first kappa shape index (κ1) is 19.1. The highest BCUT2D eigenvalue weighted by atomic mass is 32.1. The molecule has 0 aliphatic carbocycles. The smallest absolute Gasteiger partial charge is 0.225 e. The van der Waals surface area contributed by atoms with Crippen LogP contribution in [0.15, 0.2) is 41.0 Å². The summed E-state index contributed by atoms with van der Waals surface area (Å²) in [6, 6.07) is 6.70. The van der Waals surface area contributed by atoms with Crippen molar-refractivity contribution in [3.63, 3.8) is 0 Å². The van der Waals surface area contributed by atoms with Crippen molar-refractivity contribution in [2.24, 2.45) is 4.99 Å². The molecular formula is C20H29N7S. The third-order valence-electron chi connectivity index (χ3n) is 5.53. The van der Waals surface area contributed by atoms with E-state index in [0.717, 1.165) is 44.6 Å². The summed E-state index contributed by atoms with van der Waals surface area (Å²) in [5.41, 5.74) is 0. The van der Waals surface area contributed by atoms with Crippen molar-refractivity contribution in [1.29, 1.82) is 0 Å². The number of nitrogens with zero attached hydrogens (tertiary/aromatic N) is 6. The van der Waals surface area contributed by atoms with Crippen LogP contribution in [-0.4, -0.2) is 78.6 Å². The first-order valence-electron chi connectivity index (χ1n) is 10.1. The number of anilines is 1. The zero-order valence-corrected chi connectivity index (χ0v) is 17.3. The number of hydrogen-bond acceptors (Lipinski definition) is 6. The molecule has 0 saturated carbocycles. The Bertz CT molecular complexity index is 735. The zero-order valence-electron chi connectivity index (χ0n) is 16.5. The van der Waals surface area contributed by atoms with Crippen molar-refractivity contribution in [2.75, 3.05) is 57.8 Å². The highest BCUT2D eigenvalue weighted by Gasteiger charge is 2.26. The summed E-state index contributed by atoms with van der Waals surface area (Å²) in [6.45, 7) is 6.94. The van der Waals surface area contributed by atoms with Gasteiger partial charge in [-0.2, -0.15) is 0 Å². The number of piperazine rings is 1. The van der Waals surface area contributed by atoms with Gasteiger partial charge in [-0.1, -0.05) is 6.07 Å². The molecule has 1 atom stereocenters. The average molecular weight is 400 g/mol. The van der Waals surface area contributed by atoms with Crippen molar-refractivity contribution in [3.8, 4) is 0 Å². The Hall–Kier alpha value is -2.19. The quantitative estimate of drug-likeness (QED) is 0.614. The van der Waals surface area contributed by atoms with Gasteiger partial charge in [0.2, 0.25) is 5.95 Å². The molecule has 2 fully saturated rings. The second-order valence-electron chi connectivity index (χ2n) is 7.23. The van der Waals surface area contributed by atoms with Crippen molar-refractivity contribution in [2.45, 2.75) is 18.9 Å². The average Bonchev–Trinajstić information content (AvgIpc) is 3.47. The molecule has 0 spiro atoms. The number of guanidine groups is 1. The predicted molar refractivity (Wildman–Crippen MR) is 115 cm³/mol. The Morgan fingerprint density at radius 3 is 2.50 bits per heavy atom. The van der Waals surface area contributed by atoms with Crippen LogP contribution in [0, 0.1) is 0 Å². The number of thiophene rings is 1. The van der Waals surface area contributed by atoms with Crippen LogP contribution >= 0.6 is 11.3 Å². The van der Waals surface area contributed by atoms with Gasteiger partial charge in [-0.25, -0.2) is 9.97 Å². The molecule has 2 saturated heterocycles. The van der Waals surface area contributed by atoms with E-state index in [0.29, 0.717) is 6.04 Å². The molecule has 2 aromatic heterocycles. The van der Waals surface area contributed by atoms with E-state index in [2.05, 4.69) is 52.5 Å². The molecule has 4 heterocycles. The monoisotopic (exact) mass is 399 g/mol. The van der Waals surface area contributed by atoms with E-state index in [9.17, 15) is 0 Å². The van der Waals surface area contributed by atoms with Crippen LogP contribution in [-0.2, 0) is 0 Å². The third kappa shape index (κ3) is 4.44. The molecule has 1 N–H and O–H groups in total. The Morgan fingerprint density at radius 2 is 1.86 bits per heavy atom. The molecule has 8 heteroatoms. The van der Waals surface area contributed by atoms with Crippen LogP contribution in [0.2, 0.25) is 0 Å². The maximum atomic E-state index is 4.56. The van der Waals surface area contributed by atoms with Gasteiger partial charge in [-0.3, -0.25) is 9.89 Å². The second kappa shape index (κ2) is 9.34. The van der Waals surface area contributed by atoms with Crippen LogP contribution in [0.25, 0.3) is 0 Å². The van der Waals surface area contributed by atoms with Gasteiger partial charge in [0, 0.05) is 57.0 Å². The fraction of sp³-hybridized carbons (Fsp3) is 0.550. The second-order valence-corrected chi connectivity index (χ2v) is 8.20. The topological polar surface area (TPSA) is 59.9 Å². The normalized spacial score (nSPS) is 19.8. The van der Waals surface area contributed by atoms with Crippen LogP contribution in [0.4, 0.5) is 5.95 Å². The number of nitrogens with one attached hydrogen (secondary N) is 1. The minimum absolute atomic E-state index is 0.429. The van der Waals surface area contributed by atoms with E-state index >= 15 is 0 Å². The number of hydrogen-bond donors (Lipinski definition) is 1. The van der Waals surface area contributed by atoms with Gasteiger partial charge in [0.25, 0.3) is 0 Å². The first-order chi connectivity index (χ1) is 13.8. The molecule has 28 heavy (non-hydrogen) atoms. The minimum Gasteiger partial charge on any atom is -0.354 e. The highest BCUT2D eigenvalue weighted by Crippen LogP contribution is 2.27. The molecule has 0 aromatic carbocycles. The zero-order chi connectivity index (χ0) is 19.2. The van der Waals surface area contributed by atoms with Gasteiger partial charge >= 0.3 is 0 Å². The third-order valence-corrected chi connectivity index (χ3v) is 6.51. The Morgan fingerprint density at radius 1 is 1.11 bits per heavy atom. The molecule has 0 radical (unpaired) electrons. The van der Waals surface area contributed by atoms with Gasteiger partial charge in [0.1, 0.15) is 0 Å². The van der Waals surface area contributed by atoms with E-state index in [4.69, 9.17) is 0 Å². The lowest BCUT2D eigenvalue weighted by Crippen LogP contribution is -2.53. The van der Waals surface area contributed by atoms with Crippen LogP contribution in [0.1, 0.15) is 23.8 Å². The number of rotatable bonds is 5. The maximum Gasteiger partial charge on any atom is 0.225 e. The Labute approximate surface area is 171 Å². The summed E-state index contributed by atoms with van der Waals surface area (Å²) in [5, 5.41) is 5.83. The highest BCUT2D eigenvalue weighted by molar-refractivity contribution is 7.10. The van der Waals surface area contributed by atoms with Gasteiger partial charge in [-0.15, -0.1) is 11.3 Å². The van der Waals surface area contributed by atoms with Crippen LogP contribution in [0.5, 0.6) is 0 Å². The molecule has 150 valence electrons. The van der Waals surface area contributed by atoms with E-state index in [1.165, 1.54) is 30.8 Å². The van der Waals surface area contributed by atoms with Crippen molar-refractivity contribution >= 4 is 23.2 Å². The lowest BCUT2D eigenvalue weighted by molar-refractivity contribution is 0.246. The summed E-state index contributed by atoms with van der Waals surface area (Å²) in [7, 11) is 1.88. The number of aromatic nitrogens is 2. The molecule has 0 bridgehead atoms. The summed E-state index contributed by atoms with van der Waals surface area (Å²) >= 11 is 1.85. The molecule has 0 amide bonds. The number of aliphatic imine (C=N–C) groups is 1. The van der Waals surface area contributed by atoms with Crippen molar-refractivity contribution < 1.29 is 0 Å². The maximum absolute atomic E-state index is 4.56. The van der Waals surface area contributed by atoms with Crippen molar-refractivity contribution in [3.05, 3.63) is 40.8 Å². The summed E-state index contributed by atoms with van der Waals surface area (Å²) in [5.74, 6) is 1.81. The largest absolute Gasteiger partial charge is 0.354 e. The molecule has 2 aliphatic rings. The minimum atomic E-state index is 0.429. The molecular weight excluding hydrogens is 370 g/mol. The molecule has 1 unspecified atom stereocenters. The molecule has 2 aromatic rings. The van der Waals surface area contributed by atoms with Crippen LogP contribution in [0.3, 0.4) is 0 Å². The van der Waals surface area contributed by atoms with Gasteiger partial charge in [0.15, 0.2) is 5.96 Å². The number of likely N-dealkylation sites (tertiary alicyclic amines) is 1. The van der Waals surface area contributed by atoms with Crippen molar-refractivity contribution in [1.82, 2.24) is 25.1 Å².